The van der Waals surface area contributed by atoms with Crippen LogP contribution in [0.4, 0.5) is 11.6 Å². The standard InChI is InChI=1S/C14H21N5O/c1-3-15-12-9-19-7-6-16-14(19)13(18-12)17-10(2)11-5-4-8-20-11/h6-7,9-11,15H,3-5,8H2,1-2H3,(H,17,18). The molecule has 2 aromatic heterocycles. The molecule has 108 valence electrons. The predicted molar refractivity (Wildman–Crippen MR) is 79.2 cm³/mol. The Labute approximate surface area is 118 Å². The Morgan fingerprint density at radius 2 is 2.45 bits per heavy atom. The zero-order valence-corrected chi connectivity index (χ0v) is 12.0. The molecule has 3 heterocycles. The van der Waals surface area contributed by atoms with Gasteiger partial charge >= 0.3 is 0 Å². The summed E-state index contributed by atoms with van der Waals surface area (Å²) in [6.07, 6.45) is 8.17. The van der Waals surface area contributed by atoms with Crippen molar-refractivity contribution in [3.05, 3.63) is 18.6 Å². The minimum Gasteiger partial charge on any atom is -0.376 e. The summed E-state index contributed by atoms with van der Waals surface area (Å²) >= 11 is 0. The van der Waals surface area contributed by atoms with E-state index in [1.807, 2.05) is 16.8 Å². The van der Waals surface area contributed by atoms with Gasteiger partial charge in [0, 0.05) is 25.5 Å². The molecule has 2 N–H and O–H groups in total. The molecule has 0 amide bonds. The molecular weight excluding hydrogens is 254 g/mol. The molecule has 3 rings (SSSR count). The monoisotopic (exact) mass is 275 g/mol. The van der Waals surface area contributed by atoms with Gasteiger partial charge in [0.2, 0.25) is 0 Å². The molecule has 0 aromatic carbocycles. The van der Waals surface area contributed by atoms with Gasteiger partial charge in [-0.3, -0.25) is 0 Å². The van der Waals surface area contributed by atoms with E-state index in [1.54, 1.807) is 6.20 Å². The molecule has 0 radical (unpaired) electrons. The van der Waals surface area contributed by atoms with Crippen LogP contribution < -0.4 is 10.6 Å². The van der Waals surface area contributed by atoms with Crippen LogP contribution >= 0.6 is 0 Å². The number of aromatic nitrogens is 3. The summed E-state index contributed by atoms with van der Waals surface area (Å²) in [7, 11) is 0. The van der Waals surface area contributed by atoms with Crippen molar-refractivity contribution in [2.24, 2.45) is 0 Å². The molecule has 1 fully saturated rings. The van der Waals surface area contributed by atoms with Gasteiger partial charge in [-0.25, -0.2) is 9.97 Å². The van der Waals surface area contributed by atoms with Crippen LogP contribution in [-0.2, 0) is 4.74 Å². The van der Waals surface area contributed by atoms with E-state index >= 15 is 0 Å². The van der Waals surface area contributed by atoms with Gasteiger partial charge in [0.05, 0.1) is 18.3 Å². The number of hydrogen-bond donors (Lipinski definition) is 2. The summed E-state index contributed by atoms with van der Waals surface area (Å²) in [5.74, 6) is 1.65. The first-order valence-corrected chi connectivity index (χ1v) is 7.23. The van der Waals surface area contributed by atoms with E-state index in [2.05, 4.69) is 34.4 Å². The topological polar surface area (TPSA) is 63.5 Å². The first-order chi connectivity index (χ1) is 9.78. The Hall–Kier alpha value is -1.82. The Balaban J connectivity index is 1.86. The third-order valence-electron chi connectivity index (χ3n) is 3.62. The fourth-order valence-electron chi connectivity index (χ4n) is 2.60. The van der Waals surface area contributed by atoms with Crippen LogP contribution in [0.15, 0.2) is 18.6 Å². The third-order valence-corrected chi connectivity index (χ3v) is 3.62. The van der Waals surface area contributed by atoms with E-state index in [0.29, 0.717) is 0 Å². The van der Waals surface area contributed by atoms with Crippen LogP contribution in [0.5, 0.6) is 0 Å². The lowest BCUT2D eigenvalue weighted by Crippen LogP contribution is -2.30. The van der Waals surface area contributed by atoms with Crippen molar-refractivity contribution in [1.82, 2.24) is 14.4 Å². The number of hydrogen-bond acceptors (Lipinski definition) is 5. The van der Waals surface area contributed by atoms with Gasteiger partial charge in [0.15, 0.2) is 11.5 Å². The van der Waals surface area contributed by atoms with E-state index in [-0.39, 0.29) is 12.1 Å². The van der Waals surface area contributed by atoms with Crippen molar-refractivity contribution in [3.63, 3.8) is 0 Å². The smallest absolute Gasteiger partial charge is 0.180 e. The van der Waals surface area contributed by atoms with Gasteiger partial charge in [0.25, 0.3) is 0 Å². The highest BCUT2D eigenvalue weighted by Gasteiger charge is 2.23. The number of rotatable bonds is 5. The molecule has 2 unspecified atom stereocenters. The second-order valence-electron chi connectivity index (χ2n) is 5.15. The Morgan fingerprint density at radius 1 is 1.55 bits per heavy atom. The Morgan fingerprint density at radius 3 is 3.20 bits per heavy atom. The van der Waals surface area contributed by atoms with E-state index in [1.165, 1.54) is 0 Å². The maximum Gasteiger partial charge on any atom is 0.180 e. The van der Waals surface area contributed by atoms with Crippen molar-refractivity contribution in [2.45, 2.75) is 38.8 Å². The molecule has 2 aromatic rings. The number of imidazole rings is 1. The van der Waals surface area contributed by atoms with Crippen LogP contribution in [0.25, 0.3) is 5.65 Å². The van der Waals surface area contributed by atoms with Crippen molar-refractivity contribution < 1.29 is 4.74 Å². The normalized spacial score (nSPS) is 20.2. The SMILES string of the molecule is CCNc1cn2ccnc2c(NC(C)C2CCCO2)n1. The largest absolute Gasteiger partial charge is 0.376 e. The molecule has 6 nitrogen and oxygen atoms in total. The third kappa shape index (κ3) is 2.56. The van der Waals surface area contributed by atoms with Crippen LogP contribution in [0, 0.1) is 0 Å². The van der Waals surface area contributed by atoms with Crippen LogP contribution in [0.2, 0.25) is 0 Å². The fourth-order valence-corrected chi connectivity index (χ4v) is 2.60. The number of ether oxygens (including phenoxy) is 1. The summed E-state index contributed by atoms with van der Waals surface area (Å²) in [5.41, 5.74) is 0.844. The molecule has 0 bridgehead atoms. The lowest BCUT2D eigenvalue weighted by atomic mass is 10.1. The second kappa shape index (κ2) is 5.66. The predicted octanol–water partition coefficient (Wildman–Crippen LogP) is 2.14. The van der Waals surface area contributed by atoms with Gasteiger partial charge in [-0.1, -0.05) is 0 Å². The minimum absolute atomic E-state index is 0.224. The van der Waals surface area contributed by atoms with Gasteiger partial charge in [-0.05, 0) is 26.7 Å². The van der Waals surface area contributed by atoms with Crippen LogP contribution in [0.3, 0.4) is 0 Å². The zero-order valence-electron chi connectivity index (χ0n) is 12.0. The van der Waals surface area contributed by atoms with Crippen molar-refractivity contribution >= 4 is 17.3 Å². The van der Waals surface area contributed by atoms with Gasteiger partial charge in [-0.2, -0.15) is 0 Å². The molecule has 0 saturated carbocycles. The first-order valence-electron chi connectivity index (χ1n) is 7.23. The quantitative estimate of drug-likeness (QED) is 0.875. The number of fused-ring (bicyclic) bond motifs is 1. The maximum absolute atomic E-state index is 5.73. The molecule has 20 heavy (non-hydrogen) atoms. The van der Waals surface area contributed by atoms with Gasteiger partial charge < -0.3 is 19.8 Å². The van der Waals surface area contributed by atoms with E-state index in [9.17, 15) is 0 Å². The summed E-state index contributed by atoms with van der Waals surface area (Å²) in [5, 5.41) is 6.69. The van der Waals surface area contributed by atoms with Gasteiger partial charge in [0.1, 0.15) is 5.82 Å². The summed E-state index contributed by atoms with van der Waals surface area (Å²) < 4.78 is 7.71. The van der Waals surface area contributed by atoms with Crippen molar-refractivity contribution in [3.8, 4) is 0 Å². The molecule has 1 aliphatic heterocycles. The highest BCUT2D eigenvalue weighted by Crippen LogP contribution is 2.21. The molecule has 2 atom stereocenters. The lowest BCUT2D eigenvalue weighted by molar-refractivity contribution is 0.0996. The highest BCUT2D eigenvalue weighted by atomic mass is 16.5. The summed E-state index contributed by atoms with van der Waals surface area (Å²) in [4.78, 5) is 8.98. The van der Waals surface area contributed by atoms with Crippen molar-refractivity contribution in [1.29, 1.82) is 0 Å². The molecule has 0 spiro atoms. The number of nitrogens with zero attached hydrogens (tertiary/aromatic N) is 3. The van der Waals surface area contributed by atoms with Crippen LogP contribution in [-0.4, -0.2) is 39.7 Å². The Kier molecular flexibility index (Phi) is 3.73. The second-order valence-corrected chi connectivity index (χ2v) is 5.15. The molecule has 1 aliphatic rings. The molecule has 1 saturated heterocycles. The fraction of sp³-hybridized carbons (Fsp3) is 0.571. The lowest BCUT2D eigenvalue weighted by Gasteiger charge is -2.21. The Bertz CT molecular complexity index is 576. The maximum atomic E-state index is 5.73. The van der Waals surface area contributed by atoms with E-state index in [4.69, 9.17) is 4.74 Å². The average molecular weight is 275 g/mol. The molecule has 6 heteroatoms. The first kappa shape index (κ1) is 13.2. The van der Waals surface area contributed by atoms with Crippen molar-refractivity contribution in [2.75, 3.05) is 23.8 Å². The average Bonchev–Trinajstić information content (AvgIpc) is 3.10. The minimum atomic E-state index is 0.224. The molecule has 0 aliphatic carbocycles. The summed E-state index contributed by atoms with van der Waals surface area (Å²) in [6, 6.07) is 0.224. The van der Waals surface area contributed by atoms with E-state index in [0.717, 1.165) is 43.3 Å². The van der Waals surface area contributed by atoms with Crippen LogP contribution in [0.1, 0.15) is 26.7 Å². The van der Waals surface area contributed by atoms with E-state index < -0.39 is 0 Å². The van der Waals surface area contributed by atoms with Gasteiger partial charge in [-0.15, -0.1) is 0 Å². The number of anilines is 2. The highest BCUT2D eigenvalue weighted by molar-refractivity contribution is 5.65. The number of nitrogens with one attached hydrogen (secondary N) is 2. The molecular formula is C14H21N5O. The summed E-state index contributed by atoms with van der Waals surface area (Å²) in [6.45, 7) is 5.90. The zero-order chi connectivity index (χ0) is 13.9.